The Kier molecular flexibility index (Phi) is 4.51. The van der Waals surface area contributed by atoms with Gasteiger partial charge >= 0.3 is 0 Å². The molecule has 0 unspecified atom stereocenters. The van der Waals surface area contributed by atoms with Gasteiger partial charge in [-0.15, -0.1) is 11.3 Å². The first kappa shape index (κ1) is 14.7. The van der Waals surface area contributed by atoms with Crippen molar-refractivity contribution in [2.24, 2.45) is 0 Å². The third-order valence-corrected chi connectivity index (χ3v) is 4.34. The van der Waals surface area contributed by atoms with Crippen LogP contribution in [0.15, 0.2) is 33.4 Å². The molecule has 0 N–H and O–H groups in total. The maximum absolute atomic E-state index is 11.1. The van der Waals surface area contributed by atoms with Crippen LogP contribution >= 0.6 is 27.3 Å². The van der Waals surface area contributed by atoms with E-state index in [4.69, 9.17) is 0 Å². The van der Waals surface area contributed by atoms with Crippen LogP contribution < -0.4 is 4.90 Å². The minimum Gasteiger partial charge on any atom is -0.365 e. The Morgan fingerprint density at radius 2 is 2.20 bits per heavy atom. The number of nitro benzene ring substituents is 1. The largest absolute Gasteiger partial charge is 0.365 e. The molecule has 7 heteroatoms. The van der Waals surface area contributed by atoms with Crippen molar-refractivity contribution in [3.8, 4) is 0 Å². The summed E-state index contributed by atoms with van der Waals surface area (Å²) in [7, 11) is 1.79. The van der Waals surface area contributed by atoms with Crippen LogP contribution in [0.25, 0.3) is 0 Å². The molecule has 0 radical (unpaired) electrons. The Bertz CT molecular complexity index is 657. The van der Waals surface area contributed by atoms with Gasteiger partial charge in [-0.25, -0.2) is 0 Å². The number of hydrogen-bond donors (Lipinski definition) is 0. The molecule has 5 nitrogen and oxygen atoms in total. The van der Waals surface area contributed by atoms with Gasteiger partial charge in [-0.1, -0.05) is 0 Å². The Balaban J connectivity index is 2.31. The predicted molar refractivity (Wildman–Crippen MR) is 82.6 cm³/mol. The van der Waals surface area contributed by atoms with Crippen LogP contribution in [0.3, 0.4) is 0 Å². The molecule has 2 aromatic rings. The highest BCUT2D eigenvalue weighted by Crippen LogP contribution is 2.30. The third-order valence-electron chi connectivity index (χ3n) is 2.79. The van der Waals surface area contributed by atoms with Gasteiger partial charge in [0.15, 0.2) is 0 Å². The number of carbonyl (C=O) groups is 1. The van der Waals surface area contributed by atoms with E-state index in [2.05, 4.69) is 15.9 Å². The first-order valence-electron chi connectivity index (χ1n) is 5.69. The number of thiophene rings is 1. The molecule has 2 rings (SSSR count). The summed E-state index contributed by atoms with van der Waals surface area (Å²) in [6.45, 7) is 0.559. The average Bonchev–Trinajstić information content (AvgIpc) is 2.83. The second-order valence-corrected chi connectivity index (χ2v) is 6.53. The number of halogens is 1. The van der Waals surface area contributed by atoms with Crippen LogP contribution in [-0.2, 0) is 6.54 Å². The highest BCUT2D eigenvalue weighted by molar-refractivity contribution is 9.11. The van der Waals surface area contributed by atoms with Crippen LogP contribution in [0.1, 0.15) is 15.9 Å². The maximum atomic E-state index is 11.1. The van der Waals surface area contributed by atoms with Crippen molar-refractivity contribution in [2.45, 2.75) is 6.54 Å². The maximum Gasteiger partial charge on any atom is 0.293 e. The van der Waals surface area contributed by atoms with Crippen LogP contribution in [0, 0.1) is 10.1 Å². The lowest BCUT2D eigenvalue weighted by molar-refractivity contribution is -0.384. The lowest BCUT2D eigenvalue weighted by Gasteiger charge is -2.18. The Hall–Kier alpha value is -1.73. The van der Waals surface area contributed by atoms with Crippen LogP contribution in [0.2, 0.25) is 0 Å². The van der Waals surface area contributed by atoms with E-state index in [9.17, 15) is 14.9 Å². The van der Waals surface area contributed by atoms with Crippen molar-refractivity contribution in [1.29, 1.82) is 0 Å². The molecule has 20 heavy (non-hydrogen) atoms. The minimum atomic E-state index is -0.470. The normalized spacial score (nSPS) is 10.3. The summed E-state index contributed by atoms with van der Waals surface area (Å²) >= 11 is 4.96. The second-order valence-electron chi connectivity index (χ2n) is 4.24. The summed E-state index contributed by atoms with van der Waals surface area (Å²) in [4.78, 5) is 23.1. The predicted octanol–water partition coefficient (Wildman–Crippen LogP) is 3.87. The molecule has 1 aromatic carbocycles. The fraction of sp³-hybridized carbons (Fsp3) is 0.154. The zero-order chi connectivity index (χ0) is 14.7. The van der Waals surface area contributed by atoms with Crippen LogP contribution in [0.4, 0.5) is 11.4 Å². The number of anilines is 1. The number of nitro groups is 1. The van der Waals surface area contributed by atoms with Gasteiger partial charge in [-0.3, -0.25) is 14.9 Å². The molecule has 0 aliphatic rings. The van der Waals surface area contributed by atoms with Crippen molar-refractivity contribution >= 4 is 44.9 Å². The molecule has 1 aromatic heterocycles. The number of rotatable bonds is 5. The minimum absolute atomic E-state index is 0.0635. The molecule has 0 saturated carbocycles. The summed E-state index contributed by atoms with van der Waals surface area (Å²) in [6.07, 6.45) is 0.604. The van der Waals surface area contributed by atoms with E-state index < -0.39 is 4.92 Å². The Labute approximate surface area is 128 Å². The highest BCUT2D eigenvalue weighted by Gasteiger charge is 2.18. The van der Waals surface area contributed by atoms with Gasteiger partial charge < -0.3 is 4.90 Å². The zero-order valence-corrected chi connectivity index (χ0v) is 13.0. The van der Waals surface area contributed by atoms with Crippen LogP contribution in [0.5, 0.6) is 0 Å². The number of nitrogens with zero attached hydrogens (tertiary/aromatic N) is 2. The van der Waals surface area contributed by atoms with Gasteiger partial charge in [0.25, 0.3) is 5.69 Å². The van der Waals surface area contributed by atoms with Gasteiger partial charge in [-0.05, 0) is 45.1 Å². The van der Waals surface area contributed by atoms with E-state index in [0.717, 1.165) is 9.35 Å². The summed E-state index contributed by atoms with van der Waals surface area (Å²) in [5.74, 6) is 0. The van der Waals surface area contributed by atoms with Gasteiger partial charge in [0, 0.05) is 25.2 Å². The summed E-state index contributed by atoms with van der Waals surface area (Å²) < 4.78 is 1.02. The smallest absolute Gasteiger partial charge is 0.293 e. The molecular formula is C13H11BrN2O3S. The summed E-state index contributed by atoms with van der Waals surface area (Å²) in [6, 6.07) is 6.45. The van der Waals surface area contributed by atoms with Gasteiger partial charge in [0.2, 0.25) is 0 Å². The van der Waals surface area contributed by atoms with E-state index >= 15 is 0 Å². The molecule has 104 valence electrons. The third kappa shape index (κ3) is 3.23. The van der Waals surface area contributed by atoms with Crippen molar-refractivity contribution in [1.82, 2.24) is 0 Å². The topological polar surface area (TPSA) is 63.5 Å². The summed E-state index contributed by atoms with van der Waals surface area (Å²) in [5, 5.41) is 13.1. The van der Waals surface area contributed by atoms with Crippen LogP contribution in [-0.4, -0.2) is 18.3 Å². The molecule has 1 heterocycles. The fourth-order valence-corrected chi connectivity index (χ4v) is 3.07. The standard InChI is InChI=1S/C13H11BrN2O3S/c1-15(6-10-5-13(14)20-8-10)11-3-2-9(7-17)4-12(11)16(18)19/h2-5,7-8H,6H2,1H3. The zero-order valence-electron chi connectivity index (χ0n) is 10.6. The van der Waals surface area contributed by atoms with E-state index in [1.54, 1.807) is 35.4 Å². The monoisotopic (exact) mass is 354 g/mol. The quantitative estimate of drug-likeness (QED) is 0.464. The lowest BCUT2D eigenvalue weighted by atomic mass is 10.1. The van der Waals surface area contributed by atoms with E-state index in [0.29, 0.717) is 24.1 Å². The Morgan fingerprint density at radius 3 is 2.75 bits per heavy atom. The SMILES string of the molecule is CN(Cc1csc(Br)c1)c1ccc(C=O)cc1[N+](=O)[O-]. The second kappa shape index (κ2) is 6.15. The fourth-order valence-electron chi connectivity index (χ4n) is 1.87. The molecule has 0 saturated heterocycles. The van der Waals surface area contributed by atoms with E-state index in [1.165, 1.54) is 6.07 Å². The number of carbonyl (C=O) groups excluding carboxylic acids is 1. The van der Waals surface area contributed by atoms with Gasteiger partial charge in [0.05, 0.1) is 8.71 Å². The number of hydrogen-bond acceptors (Lipinski definition) is 5. The molecule has 0 spiro atoms. The van der Waals surface area contributed by atoms with Crippen molar-refractivity contribution < 1.29 is 9.72 Å². The van der Waals surface area contributed by atoms with Gasteiger partial charge in [0.1, 0.15) is 12.0 Å². The van der Waals surface area contributed by atoms with Crippen molar-refractivity contribution in [2.75, 3.05) is 11.9 Å². The summed E-state index contributed by atoms with van der Waals surface area (Å²) in [5.41, 5.74) is 1.79. The molecule has 0 bridgehead atoms. The number of benzene rings is 1. The molecule has 0 aliphatic heterocycles. The van der Waals surface area contributed by atoms with Crippen molar-refractivity contribution in [3.05, 3.63) is 54.7 Å². The average molecular weight is 355 g/mol. The Morgan fingerprint density at radius 1 is 1.45 bits per heavy atom. The first-order valence-corrected chi connectivity index (χ1v) is 7.36. The molecule has 0 aliphatic carbocycles. The van der Waals surface area contributed by atoms with E-state index in [-0.39, 0.29) is 5.69 Å². The first-order chi connectivity index (χ1) is 9.51. The molecule has 0 fully saturated rings. The molecular weight excluding hydrogens is 344 g/mol. The van der Waals surface area contributed by atoms with Crippen molar-refractivity contribution in [3.63, 3.8) is 0 Å². The van der Waals surface area contributed by atoms with E-state index in [1.807, 2.05) is 11.4 Å². The molecule has 0 amide bonds. The number of aldehydes is 1. The lowest BCUT2D eigenvalue weighted by Crippen LogP contribution is -2.17. The highest BCUT2D eigenvalue weighted by atomic mass is 79.9. The molecule has 0 atom stereocenters. The van der Waals surface area contributed by atoms with Gasteiger partial charge in [-0.2, -0.15) is 0 Å².